The predicted octanol–water partition coefficient (Wildman–Crippen LogP) is 1.68. The fourth-order valence-electron chi connectivity index (χ4n) is 1.96. The van der Waals surface area contributed by atoms with Gasteiger partial charge in [0, 0.05) is 12.1 Å². The molecule has 0 unspecified atom stereocenters. The molecule has 2 N–H and O–H groups in total. The van der Waals surface area contributed by atoms with E-state index in [-0.39, 0.29) is 6.10 Å². The predicted molar refractivity (Wildman–Crippen MR) is 51.2 cm³/mol. The first-order chi connectivity index (χ1) is 5.68. The van der Waals surface area contributed by atoms with Crippen molar-refractivity contribution >= 4 is 0 Å². The van der Waals surface area contributed by atoms with Crippen molar-refractivity contribution in [3.8, 4) is 0 Å². The van der Waals surface area contributed by atoms with Crippen LogP contribution in [0.2, 0.25) is 0 Å². The Labute approximate surface area is 75.4 Å². The molecular weight excluding hydrogens is 150 g/mol. The molecule has 1 aliphatic rings. The summed E-state index contributed by atoms with van der Waals surface area (Å²) in [5.41, 5.74) is 0. The molecule has 0 aliphatic heterocycles. The van der Waals surface area contributed by atoms with Crippen molar-refractivity contribution in [3.05, 3.63) is 0 Å². The molecule has 1 fully saturated rings. The van der Waals surface area contributed by atoms with Gasteiger partial charge in [-0.2, -0.15) is 0 Å². The molecular formula is C10H21NO. The van der Waals surface area contributed by atoms with Gasteiger partial charge >= 0.3 is 0 Å². The van der Waals surface area contributed by atoms with Crippen LogP contribution in [0.1, 0.15) is 46.0 Å². The highest BCUT2D eigenvalue weighted by Crippen LogP contribution is 2.18. The van der Waals surface area contributed by atoms with Crippen LogP contribution in [0.4, 0.5) is 0 Å². The van der Waals surface area contributed by atoms with E-state index < -0.39 is 0 Å². The molecule has 0 aromatic heterocycles. The summed E-state index contributed by atoms with van der Waals surface area (Å²) in [6.45, 7) is 4.33. The maximum absolute atomic E-state index is 9.53. The van der Waals surface area contributed by atoms with Gasteiger partial charge in [-0.05, 0) is 19.3 Å². The van der Waals surface area contributed by atoms with Crippen LogP contribution in [0.15, 0.2) is 0 Å². The number of hydrogen-bond acceptors (Lipinski definition) is 2. The largest absolute Gasteiger partial charge is 0.393 e. The zero-order valence-electron chi connectivity index (χ0n) is 8.21. The van der Waals surface area contributed by atoms with E-state index in [1.54, 1.807) is 0 Å². The van der Waals surface area contributed by atoms with Crippen LogP contribution in [0.5, 0.6) is 0 Å². The summed E-state index contributed by atoms with van der Waals surface area (Å²) in [7, 11) is 0. The molecule has 0 bridgehead atoms. The van der Waals surface area contributed by atoms with Crippen molar-refractivity contribution in [2.45, 2.75) is 64.1 Å². The second kappa shape index (κ2) is 4.83. The van der Waals surface area contributed by atoms with Crippen molar-refractivity contribution in [3.63, 3.8) is 0 Å². The highest BCUT2D eigenvalue weighted by atomic mass is 16.3. The van der Waals surface area contributed by atoms with Gasteiger partial charge < -0.3 is 10.4 Å². The van der Waals surface area contributed by atoms with E-state index in [2.05, 4.69) is 19.2 Å². The van der Waals surface area contributed by atoms with Crippen molar-refractivity contribution in [1.29, 1.82) is 0 Å². The van der Waals surface area contributed by atoms with Crippen molar-refractivity contribution < 1.29 is 5.11 Å². The lowest BCUT2D eigenvalue weighted by molar-refractivity contribution is 0.146. The first-order valence-electron chi connectivity index (χ1n) is 5.12. The second-order valence-electron chi connectivity index (χ2n) is 4.19. The molecule has 2 atom stereocenters. The maximum Gasteiger partial charge on any atom is 0.0555 e. The Morgan fingerprint density at radius 3 is 2.58 bits per heavy atom. The number of rotatable bonds is 2. The lowest BCUT2D eigenvalue weighted by Gasteiger charge is -2.20. The van der Waals surface area contributed by atoms with Crippen LogP contribution < -0.4 is 5.32 Å². The first-order valence-corrected chi connectivity index (χ1v) is 5.12. The Morgan fingerprint density at radius 2 is 1.92 bits per heavy atom. The van der Waals surface area contributed by atoms with Crippen LogP contribution in [0, 0.1) is 0 Å². The number of aliphatic hydroxyl groups is 1. The fourth-order valence-corrected chi connectivity index (χ4v) is 1.96. The van der Waals surface area contributed by atoms with E-state index >= 15 is 0 Å². The van der Waals surface area contributed by atoms with Gasteiger partial charge in [0.2, 0.25) is 0 Å². The van der Waals surface area contributed by atoms with E-state index in [1.807, 2.05) is 0 Å². The normalized spacial score (nSPS) is 32.0. The summed E-state index contributed by atoms with van der Waals surface area (Å²) < 4.78 is 0. The molecule has 0 amide bonds. The molecule has 0 spiro atoms. The van der Waals surface area contributed by atoms with Crippen LogP contribution in [-0.2, 0) is 0 Å². The van der Waals surface area contributed by atoms with E-state index in [0.717, 1.165) is 12.8 Å². The Morgan fingerprint density at radius 1 is 1.25 bits per heavy atom. The maximum atomic E-state index is 9.53. The molecule has 0 aromatic rings. The van der Waals surface area contributed by atoms with E-state index in [9.17, 15) is 5.11 Å². The topological polar surface area (TPSA) is 32.3 Å². The minimum atomic E-state index is -0.0660. The molecule has 1 saturated carbocycles. The summed E-state index contributed by atoms with van der Waals surface area (Å²) in [5.74, 6) is 0. The van der Waals surface area contributed by atoms with Crippen molar-refractivity contribution in [2.24, 2.45) is 0 Å². The van der Waals surface area contributed by atoms with Gasteiger partial charge in [0.1, 0.15) is 0 Å². The Kier molecular flexibility index (Phi) is 4.02. The van der Waals surface area contributed by atoms with Gasteiger partial charge in [0.15, 0.2) is 0 Å². The summed E-state index contributed by atoms with van der Waals surface area (Å²) >= 11 is 0. The molecule has 0 aromatic carbocycles. The second-order valence-corrected chi connectivity index (χ2v) is 4.19. The number of hydrogen-bond donors (Lipinski definition) is 2. The molecule has 12 heavy (non-hydrogen) atoms. The van der Waals surface area contributed by atoms with Crippen LogP contribution >= 0.6 is 0 Å². The third-order valence-electron chi connectivity index (χ3n) is 2.47. The van der Waals surface area contributed by atoms with Gasteiger partial charge in [-0.3, -0.25) is 0 Å². The summed E-state index contributed by atoms with van der Waals surface area (Å²) in [5, 5.41) is 13.0. The Balaban J connectivity index is 2.31. The van der Waals surface area contributed by atoms with Crippen molar-refractivity contribution in [2.75, 3.05) is 0 Å². The molecule has 1 aliphatic carbocycles. The molecule has 2 heteroatoms. The lowest BCUT2D eigenvalue weighted by Crippen LogP contribution is -2.36. The molecule has 1 rings (SSSR count). The molecule has 0 heterocycles. The van der Waals surface area contributed by atoms with E-state index in [0.29, 0.717) is 12.1 Å². The zero-order chi connectivity index (χ0) is 8.97. The third-order valence-corrected chi connectivity index (χ3v) is 2.47. The summed E-state index contributed by atoms with van der Waals surface area (Å²) in [6, 6.07) is 1.09. The fraction of sp³-hybridized carbons (Fsp3) is 1.00. The summed E-state index contributed by atoms with van der Waals surface area (Å²) in [4.78, 5) is 0. The van der Waals surface area contributed by atoms with Gasteiger partial charge in [-0.15, -0.1) is 0 Å². The number of aliphatic hydroxyl groups excluding tert-OH is 1. The summed E-state index contributed by atoms with van der Waals surface area (Å²) in [6.07, 6.45) is 5.56. The Hall–Kier alpha value is -0.0800. The molecule has 0 radical (unpaired) electrons. The Bertz CT molecular complexity index is 125. The van der Waals surface area contributed by atoms with Crippen LogP contribution in [0.3, 0.4) is 0 Å². The monoisotopic (exact) mass is 171 g/mol. The first kappa shape index (κ1) is 10.0. The smallest absolute Gasteiger partial charge is 0.0555 e. The average Bonchev–Trinajstić information content (AvgIpc) is 2.12. The lowest BCUT2D eigenvalue weighted by atomic mass is 10.1. The quantitative estimate of drug-likeness (QED) is 0.620. The van der Waals surface area contributed by atoms with Crippen molar-refractivity contribution in [1.82, 2.24) is 5.32 Å². The molecule has 72 valence electrons. The van der Waals surface area contributed by atoms with Gasteiger partial charge in [-0.1, -0.05) is 26.7 Å². The molecule has 0 saturated heterocycles. The third kappa shape index (κ3) is 3.55. The van der Waals surface area contributed by atoms with Gasteiger partial charge in [-0.25, -0.2) is 0 Å². The van der Waals surface area contributed by atoms with Crippen LogP contribution in [-0.4, -0.2) is 23.3 Å². The van der Waals surface area contributed by atoms with E-state index in [4.69, 9.17) is 0 Å². The standard InChI is InChI=1S/C10H21NO/c1-8(2)11-9-5-3-4-6-10(12)7-9/h8-12H,3-7H2,1-2H3/t9-,10-/m1/s1. The zero-order valence-corrected chi connectivity index (χ0v) is 8.21. The minimum absolute atomic E-state index is 0.0660. The average molecular weight is 171 g/mol. The minimum Gasteiger partial charge on any atom is -0.393 e. The SMILES string of the molecule is CC(C)N[C@@H]1CCCC[C@@H](O)C1. The highest BCUT2D eigenvalue weighted by Gasteiger charge is 2.18. The van der Waals surface area contributed by atoms with Gasteiger partial charge in [0.05, 0.1) is 6.10 Å². The highest BCUT2D eigenvalue weighted by molar-refractivity contribution is 4.76. The molecule has 2 nitrogen and oxygen atoms in total. The van der Waals surface area contributed by atoms with E-state index in [1.165, 1.54) is 19.3 Å². The van der Waals surface area contributed by atoms with Crippen LogP contribution in [0.25, 0.3) is 0 Å². The number of nitrogens with one attached hydrogen (secondary N) is 1. The van der Waals surface area contributed by atoms with Gasteiger partial charge in [0.25, 0.3) is 0 Å².